The molecule has 14 rings (SSSR count). The molecule has 12 nitrogen and oxygen atoms in total. The first-order chi connectivity index (χ1) is 43.8. The molecule has 0 amide bonds. The molecular formula is C79H68N4O8. The van der Waals surface area contributed by atoms with Crippen molar-refractivity contribution in [3.63, 3.8) is 0 Å². The molecule has 0 saturated carbocycles. The number of benzene rings is 7. The lowest BCUT2D eigenvalue weighted by atomic mass is 9.85. The second-order valence-corrected chi connectivity index (χ2v) is 26.1. The summed E-state index contributed by atoms with van der Waals surface area (Å²) in [5, 5.41) is 8.62. The van der Waals surface area contributed by atoms with Crippen LogP contribution in [0.4, 0.5) is 5.69 Å². The zero-order valence-electron chi connectivity index (χ0n) is 52.5. The number of hydrogen-bond acceptors (Lipinski definition) is 11. The van der Waals surface area contributed by atoms with Gasteiger partial charge in [0, 0.05) is 53.4 Å². The van der Waals surface area contributed by atoms with Crippen molar-refractivity contribution in [1.82, 2.24) is 14.5 Å². The van der Waals surface area contributed by atoms with Gasteiger partial charge in [0.15, 0.2) is 0 Å². The average molecular weight is 1200 g/mol. The van der Waals surface area contributed by atoms with Crippen molar-refractivity contribution in [1.29, 1.82) is 0 Å². The van der Waals surface area contributed by atoms with Crippen LogP contribution in [0.2, 0.25) is 0 Å². The largest absolute Gasteiger partial charge is 0.422 e. The fraction of sp³-hybridized carbons (Fsp3) is 0.215. The number of hydrogen-bond donors (Lipinski definition) is 0. The third-order valence-corrected chi connectivity index (χ3v) is 18.0. The highest BCUT2D eigenvalue weighted by Gasteiger charge is 2.24. The van der Waals surface area contributed by atoms with Crippen LogP contribution < -0.4 is 27.4 Å². The van der Waals surface area contributed by atoms with E-state index in [0.29, 0.717) is 66.9 Å². The van der Waals surface area contributed by atoms with Crippen molar-refractivity contribution in [2.24, 2.45) is 7.05 Å². The average Bonchev–Trinajstić information content (AvgIpc) is 1.49. The molecule has 0 aliphatic carbocycles. The molecule has 0 N–H and O–H groups in total. The van der Waals surface area contributed by atoms with E-state index in [9.17, 15) is 19.2 Å². The molecule has 452 valence electrons. The molecule has 0 fully saturated rings. The van der Waals surface area contributed by atoms with E-state index in [-0.39, 0.29) is 44.6 Å². The lowest BCUT2D eigenvalue weighted by Gasteiger charge is -2.24. The third-order valence-electron chi connectivity index (χ3n) is 18.0. The molecule has 0 aliphatic rings. The van der Waals surface area contributed by atoms with Gasteiger partial charge in [0.1, 0.15) is 22.3 Å². The highest BCUT2D eigenvalue weighted by Crippen LogP contribution is 2.40. The minimum absolute atomic E-state index is 0.107. The molecule has 7 aromatic carbocycles. The molecule has 12 heteroatoms. The Bertz CT molecular complexity index is 5550. The lowest BCUT2D eigenvalue weighted by Crippen LogP contribution is -2.25. The minimum Gasteiger partial charge on any atom is -0.422 e. The van der Waals surface area contributed by atoms with Crippen LogP contribution in [0.5, 0.6) is 0 Å². The fourth-order valence-corrected chi connectivity index (χ4v) is 12.7. The number of fused-ring (bicyclic) bond motifs is 10. The van der Waals surface area contributed by atoms with Crippen LogP contribution in [0.15, 0.2) is 213 Å². The first-order valence-electron chi connectivity index (χ1n) is 31.3. The normalized spacial score (nSPS) is 12.2. The number of pyridine rings is 2. The summed E-state index contributed by atoms with van der Waals surface area (Å²) in [7, 11) is 1.86. The molecule has 7 heterocycles. The summed E-state index contributed by atoms with van der Waals surface area (Å²) in [4.78, 5) is 70.9. The minimum atomic E-state index is -0.628. The third kappa shape index (κ3) is 10.7. The summed E-state index contributed by atoms with van der Waals surface area (Å²) in [6.45, 7) is 19.2. The van der Waals surface area contributed by atoms with Crippen LogP contribution in [0.25, 0.3) is 144 Å². The Balaban J connectivity index is 1.00. The van der Waals surface area contributed by atoms with E-state index >= 15 is 0 Å². The van der Waals surface area contributed by atoms with Gasteiger partial charge < -0.3 is 27.1 Å². The van der Waals surface area contributed by atoms with E-state index in [1.165, 1.54) is 0 Å². The lowest BCUT2D eigenvalue weighted by molar-refractivity contribution is 0.562. The number of rotatable bonds is 13. The molecule has 91 heavy (non-hydrogen) atoms. The Morgan fingerprint density at radius 1 is 0.385 bits per heavy atom. The Morgan fingerprint density at radius 3 is 1.34 bits per heavy atom. The number of aromatic nitrogens is 3. The molecule has 0 bridgehead atoms. The second-order valence-electron chi connectivity index (χ2n) is 26.1. The summed E-state index contributed by atoms with van der Waals surface area (Å²) in [5.74, 6) is 0. The molecule has 0 unspecified atom stereocenters. The second kappa shape index (κ2) is 22.5. The predicted molar refractivity (Wildman–Crippen MR) is 370 cm³/mol. The van der Waals surface area contributed by atoms with Gasteiger partial charge in [-0.1, -0.05) is 147 Å². The predicted octanol–water partition coefficient (Wildman–Crippen LogP) is 18.7. The first kappa shape index (κ1) is 58.2. The van der Waals surface area contributed by atoms with Crippen molar-refractivity contribution in [2.75, 3.05) is 18.0 Å². The Labute approximate surface area is 524 Å². The van der Waals surface area contributed by atoms with Gasteiger partial charge >= 0.3 is 22.5 Å². The van der Waals surface area contributed by atoms with Crippen LogP contribution in [-0.2, 0) is 17.9 Å². The van der Waals surface area contributed by atoms with Gasteiger partial charge in [-0.25, -0.2) is 29.1 Å². The summed E-state index contributed by atoms with van der Waals surface area (Å²) >= 11 is 0. The van der Waals surface area contributed by atoms with Gasteiger partial charge in [-0.05, 0) is 169 Å². The number of anilines is 1. The van der Waals surface area contributed by atoms with E-state index < -0.39 is 22.5 Å². The smallest absolute Gasteiger partial charge is 0.345 e. The zero-order valence-corrected chi connectivity index (χ0v) is 52.5. The van der Waals surface area contributed by atoms with Crippen LogP contribution in [-0.4, -0.2) is 27.6 Å². The highest BCUT2D eigenvalue weighted by molar-refractivity contribution is 6.09. The molecular weight excluding hydrogens is 1130 g/mol. The maximum Gasteiger partial charge on any atom is 0.345 e. The van der Waals surface area contributed by atoms with E-state index in [2.05, 4.69) is 103 Å². The Hall–Kier alpha value is -10.5. The van der Waals surface area contributed by atoms with Gasteiger partial charge in [-0.15, -0.1) is 0 Å². The molecule has 14 aromatic rings. The van der Waals surface area contributed by atoms with Gasteiger partial charge in [-0.2, -0.15) is 0 Å². The molecule has 0 atom stereocenters. The van der Waals surface area contributed by atoms with Crippen molar-refractivity contribution in [2.45, 2.75) is 91.9 Å². The van der Waals surface area contributed by atoms with E-state index in [1.807, 2.05) is 127 Å². The zero-order chi connectivity index (χ0) is 63.2. The molecule has 0 aliphatic heterocycles. The summed E-state index contributed by atoms with van der Waals surface area (Å²) in [5.41, 5.74) is 6.77. The van der Waals surface area contributed by atoms with Gasteiger partial charge in [0.05, 0.1) is 56.4 Å². The Kier molecular flexibility index (Phi) is 14.4. The van der Waals surface area contributed by atoms with Gasteiger partial charge in [0.25, 0.3) is 0 Å². The van der Waals surface area contributed by atoms with Crippen molar-refractivity contribution >= 4 is 81.9 Å². The molecule has 0 radical (unpaired) electrons. The number of nitrogens with zero attached hydrogens (tertiary/aromatic N) is 4. The molecule has 0 saturated heterocycles. The highest BCUT2D eigenvalue weighted by atomic mass is 16.4. The summed E-state index contributed by atoms with van der Waals surface area (Å²) in [6, 6.07) is 56.4. The van der Waals surface area contributed by atoms with Crippen LogP contribution in [0, 0.1) is 0 Å². The van der Waals surface area contributed by atoms with E-state index in [1.54, 1.807) is 18.2 Å². The molecule has 7 aromatic heterocycles. The quantitative estimate of drug-likeness (QED) is 0.0800. The van der Waals surface area contributed by atoms with E-state index in [4.69, 9.17) is 27.6 Å². The van der Waals surface area contributed by atoms with Crippen molar-refractivity contribution in [3.05, 3.63) is 229 Å². The summed E-state index contributed by atoms with van der Waals surface area (Å²) < 4.78 is 26.6. The van der Waals surface area contributed by atoms with Gasteiger partial charge in [0.2, 0.25) is 0 Å². The Morgan fingerprint density at radius 2 is 0.813 bits per heavy atom. The van der Waals surface area contributed by atoms with Crippen molar-refractivity contribution in [3.8, 4) is 67.5 Å². The van der Waals surface area contributed by atoms with E-state index in [0.717, 1.165) is 98.7 Å². The first-order valence-corrected chi connectivity index (χ1v) is 31.3. The topological polar surface area (TPSA) is 155 Å². The fourth-order valence-electron chi connectivity index (χ4n) is 12.7. The standard InChI is InChI=1S/C79H68N4O8/c1-10-12-32-83(33-13-11-2)53-24-18-48-36-60(74(84)91-73(48)41-53)64-37-49(38-65(80-64)61-42-57-55-25-22-51(78(3,4)5)34-46(55)20-30-71(57)88-75(61)85)50-39-66(62-43-58-56-26-23-52(79(6,7)8)35-47(56)21-31-72(58)89-76(62)86)81-67(40-50)69-28-27-68(82(69)9)63-44-59-54-17-15-14-16-45(54)19-29-70(59)90-77(63)87/h14-31,34-44H,10-13,32-33H2,1-9H3. The maximum absolute atomic E-state index is 14.8. The molecule has 0 spiro atoms. The summed E-state index contributed by atoms with van der Waals surface area (Å²) in [6.07, 6.45) is 4.15. The number of unbranched alkanes of at least 4 members (excludes halogenated alkanes) is 2. The van der Waals surface area contributed by atoms with Crippen LogP contribution in [0.3, 0.4) is 0 Å². The van der Waals surface area contributed by atoms with Crippen LogP contribution in [0.1, 0.15) is 92.2 Å². The van der Waals surface area contributed by atoms with Gasteiger partial charge in [-0.3, -0.25) is 0 Å². The van der Waals surface area contributed by atoms with Crippen LogP contribution >= 0.6 is 0 Å². The van der Waals surface area contributed by atoms with Crippen molar-refractivity contribution < 1.29 is 17.7 Å². The maximum atomic E-state index is 14.8. The monoisotopic (exact) mass is 1200 g/mol. The SMILES string of the molecule is CCCCN(CCCC)c1ccc2cc(-c3cc(-c4cc(-c5cc6c(ccc7cc(C(C)(C)C)ccc76)oc5=O)nc(-c5ccc(-c6cc7c(ccc8ccccc87)oc6=O)n5C)c4)cc(-c4cc5c(ccc6cc(C(C)(C)C)ccc65)oc4=O)n3)c(=O)oc2c1.